The maximum atomic E-state index is 13.1. The molecule has 0 aliphatic carbocycles. The lowest BCUT2D eigenvalue weighted by Crippen LogP contribution is -2.52. The van der Waals surface area contributed by atoms with Crippen molar-refractivity contribution in [1.82, 2.24) is 14.5 Å². The van der Waals surface area contributed by atoms with Gasteiger partial charge in [-0.15, -0.1) is 0 Å². The van der Waals surface area contributed by atoms with Crippen LogP contribution in [0.2, 0.25) is 0 Å². The van der Waals surface area contributed by atoms with Crippen molar-refractivity contribution in [1.29, 1.82) is 0 Å². The van der Waals surface area contributed by atoms with Crippen LogP contribution in [0.3, 0.4) is 0 Å². The number of carbonyl (C=O) groups is 2. The SMILES string of the molecule is CS(=O)(=O)NCC1CCCCN1C(=O)C1CCN(C(=O)/C=C/c2ccccc2)CC1. The van der Waals surface area contributed by atoms with E-state index in [2.05, 4.69) is 4.72 Å². The minimum absolute atomic E-state index is 0.0297. The molecule has 0 spiro atoms. The summed E-state index contributed by atoms with van der Waals surface area (Å²) in [6, 6.07) is 9.60. The second kappa shape index (κ2) is 10.2. The molecule has 3 rings (SSSR count). The van der Waals surface area contributed by atoms with Crippen LogP contribution >= 0.6 is 0 Å². The molecule has 2 aliphatic rings. The number of likely N-dealkylation sites (tertiary alicyclic amines) is 2. The van der Waals surface area contributed by atoms with E-state index in [0.29, 0.717) is 32.5 Å². The zero-order valence-corrected chi connectivity index (χ0v) is 18.3. The van der Waals surface area contributed by atoms with Crippen molar-refractivity contribution in [2.24, 2.45) is 5.92 Å². The first kappa shape index (κ1) is 22.5. The van der Waals surface area contributed by atoms with E-state index >= 15 is 0 Å². The van der Waals surface area contributed by atoms with E-state index in [1.807, 2.05) is 41.3 Å². The molecule has 0 radical (unpaired) electrons. The molecule has 7 nitrogen and oxygen atoms in total. The van der Waals surface area contributed by atoms with Crippen molar-refractivity contribution in [3.63, 3.8) is 0 Å². The van der Waals surface area contributed by atoms with Crippen LogP contribution in [-0.2, 0) is 19.6 Å². The molecule has 1 N–H and O–H groups in total. The van der Waals surface area contributed by atoms with Crippen molar-refractivity contribution < 1.29 is 18.0 Å². The third kappa shape index (κ3) is 6.40. The van der Waals surface area contributed by atoms with Gasteiger partial charge in [0.05, 0.1) is 6.26 Å². The van der Waals surface area contributed by atoms with Crippen molar-refractivity contribution in [2.45, 2.75) is 38.1 Å². The number of sulfonamides is 1. The maximum Gasteiger partial charge on any atom is 0.246 e. The number of amides is 2. The van der Waals surface area contributed by atoms with Gasteiger partial charge in [0.15, 0.2) is 0 Å². The summed E-state index contributed by atoms with van der Waals surface area (Å²) in [5, 5.41) is 0. The molecule has 1 aromatic rings. The number of nitrogens with one attached hydrogen (secondary N) is 1. The molecule has 30 heavy (non-hydrogen) atoms. The number of carbonyl (C=O) groups excluding carboxylic acids is 2. The first-order valence-electron chi connectivity index (χ1n) is 10.6. The van der Waals surface area contributed by atoms with Gasteiger partial charge in [-0.25, -0.2) is 13.1 Å². The van der Waals surface area contributed by atoms with Gasteiger partial charge >= 0.3 is 0 Å². The topological polar surface area (TPSA) is 86.8 Å². The Balaban J connectivity index is 1.52. The summed E-state index contributed by atoms with van der Waals surface area (Å²) in [7, 11) is -3.28. The van der Waals surface area contributed by atoms with Gasteiger partial charge in [0.1, 0.15) is 0 Å². The number of nitrogens with zero attached hydrogens (tertiary/aromatic N) is 2. The van der Waals surface area contributed by atoms with Crippen LogP contribution in [0.4, 0.5) is 0 Å². The molecule has 0 aromatic heterocycles. The molecule has 1 unspecified atom stereocenters. The number of hydrogen-bond acceptors (Lipinski definition) is 4. The Bertz CT molecular complexity index is 862. The molecule has 1 atom stereocenters. The Morgan fingerprint density at radius 2 is 1.77 bits per heavy atom. The molecule has 2 aliphatic heterocycles. The summed E-state index contributed by atoms with van der Waals surface area (Å²) in [6.45, 7) is 2.07. The molecule has 0 saturated carbocycles. The van der Waals surface area contributed by atoms with E-state index in [0.717, 1.165) is 31.1 Å². The number of benzene rings is 1. The lowest BCUT2D eigenvalue weighted by atomic mass is 9.92. The highest BCUT2D eigenvalue weighted by Crippen LogP contribution is 2.25. The van der Waals surface area contributed by atoms with Crippen molar-refractivity contribution in [3.8, 4) is 0 Å². The van der Waals surface area contributed by atoms with E-state index in [1.54, 1.807) is 11.0 Å². The summed E-state index contributed by atoms with van der Waals surface area (Å²) >= 11 is 0. The van der Waals surface area contributed by atoms with E-state index in [9.17, 15) is 18.0 Å². The molecular weight excluding hydrogens is 402 g/mol. The predicted molar refractivity (Wildman–Crippen MR) is 117 cm³/mol. The van der Waals surface area contributed by atoms with Gasteiger partial charge in [0, 0.05) is 44.2 Å². The highest BCUT2D eigenvalue weighted by Gasteiger charge is 2.34. The van der Waals surface area contributed by atoms with E-state index in [4.69, 9.17) is 0 Å². The second-order valence-corrected chi connectivity index (χ2v) is 9.98. The van der Waals surface area contributed by atoms with E-state index in [1.165, 1.54) is 0 Å². The van der Waals surface area contributed by atoms with Crippen molar-refractivity contribution in [2.75, 3.05) is 32.4 Å². The van der Waals surface area contributed by atoms with Gasteiger partial charge in [0.2, 0.25) is 21.8 Å². The molecule has 2 saturated heterocycles. The average molecular weight is 434 g/mol. The van der Waals surface area contributed by atoms with Crippen LogP contribution in [0.15, 0.2) is 36.4 Å². The molecule has 8 heteroatoms. The van der Waals surface area contributed by atoms with Gasteiger partial charge in [-0.1, -0.05) is 30.3 Å². The van der Waals surface area contributed by atoms with Crippen LogP contribution in [0.5, 0.6) is 0 Å². The summed E-state index contributed by atoms with van der Waals surface area (Å²) in [4.78, 5) is 29.2. The average Bonchev–Trinajstić information content (AvgIpc) is 2.76. The fourth-order valence-electron chi connectivity index (χ4n) is 4.17. The van der Waals surface area contributed by atoms with Gasteiger partial charge in [-0.05, 0) is 43.7 Å². The van der Waals surface area contributed by atoms with Gasteiger partial charge in [-0.3, -0.25) is 9.59 Å². The van der Waals surface area contributed by atoms with Gasteiger partial charge < -0.3 is 9.80 Å². The Hall–Kier alpha value is -2.19. The normalized spacial score (nSPS) is 21.2. The maximum absolute atomic E-state index is 13.1. The quantitative estimate of drug-likeness (QED) is 0.694. The fourth-order valence-corrected chi connectivity index (χ4v) is 4.66. The van der Waals surface area contributed by atoms with Gasteiger partial charge in [-0.2, -0.15) is 0 Å². The molecule has 2 amide bonds. The number of hydrogen-bond donors (Lipinski definition) is 1. The third-order valence-corrected chi connectivity index (χ3v) is 6.56. The third-order valence-electron chi connectivity index (χ3n) is 5.87. The second-order valence-electron chi connectivity index (χ2n) is 8.15. The van der Waals surface area contributed by atoms with Gasteiger partial charge in [0.25, 0.3) is 0 Å². The van der Waals surface area contributed by atoms with E-state index < -0.39 is 10.0 Å². The number of rotatable bonds is 6. The van der Waals surface area contributed by atoms with E-state index in [-0.39, 0.29) is 30.3 Å². The van der Waals surface area contributed by atoms with Crippen LogP contribution in [0.25, 0.3) is 6.08 Å². The predicted octanol–water partition coefficient (Wildman–Crippen LogP) is 1.87. The monoisotopic (exact) mass is 433 g/mol. The van der Waals surface area contributed by atoms with Crippen LogP contribution in [0.1, 0.15) is 37.7 Å². The Kier molecular flexibility index (Phi) is 7.66. The molecule has 2 fully saturated rings. The Morgan fingerprint density at radius 3 is 2.43 bits per heavy atom. The molecular formula is C22H31N3O4S. The lowest BCUT2D eigenvalue weighted by Gasteiger charge is -2.40. The largest absolute Gasteiger partial charge is 0.339 e. The summed E-state index contributed by atoms with van der Waals surface area (Å²) in [5.74, 6) is -0.0362. The molecule has 2 heterocycles. The minimum Gasteiger partial charge on any atom is -0.339 e. The van der Waals surface area contributed by atoms with Crippen LogP contribution in [-0.4, -0.2) is 68.5 Å². The first-order chi connectivity index (χ1) is 14.3. The standard InChI is InChI=1S/C22H31N3O4S/c1-30(28,29)23-17-20-9-5-6-14-25(20)22(27)19-12-15-24(16-13-19)21(26)11-10-18-7-3-2-4-8-18/h2-4,7-8,10-11,19-20,23H,5-6,9,12-17H2,1H3/b11-10+. The zero-order chi connectivity index (χ0) is 21.6. The highest BCUT2D eigenvalue weighted by atomic mass is 32.2. The number of piperidine rings is 2. The summed E-state index contributed by atoms with van der Waals surface area (Å²) in [5.41, 5.74) is 0.981. The Morgan fingerprint density at radius 1 is 1.07 bits per heavy atom. The van der Waals surface area contributed by atoms with Crippen molar-refractivity contribution >= 4 is 27.9 Å². The smallest absolute Gasteiger partial charge is 0.246 e. The minimum atomic E-state index is -3.28. The lowest BCUT2D eigenvalue weighted by molar-refractivity contribution is -0.142. The summed E-state index contributed by atoms with van der Waals surface area (Å²) in [6.07, 6.45) is 8.60. The molecule has 164 valence electrons. The molecule has 0 bridgehead atoms. The zero-order valence-electron chi connectivity index (χ0n) is 17.5. The Labute approximate surface area is 179 Å². The fraction of sp³-hybridized carbons (Fsp3) is 0.545. The first-order valence-corrected chi connectivity index (χ1v) is 12.5. The van der Waals surface area contributed by atoms with Crippen molar-refractivity contribution in [3.05, 3.63) is 42.0 Å². The van der Waals surface area contributed by atoms with Crippen LogP contribution < -0.4 is 4.72 Å². The molecule has 1 aromatic carbocycles. The highest BCUT2D eigenvalue weighted by molar-refractivity contribution is 7.88. The van der Waals surface area contributed by atoms with Crippen LogP contribution in [0, 0.1) is 5.92 Å². The summed E-state index contributed by atoms with van der Waals surface area (Å²) < 4.78 is 25.4.